The van der Waals surface area contributed by atoms with E-state index in [1.54, 1.807) is 30.5 Å². The van der Waals surface area contributed by atoms with Gasteiger partial charge in [-0.1, -0.05) is 62.6 Å². The number of nitrogens with zero attached hydrogens (tertiary/aromatic N) is 4. The van der Waals surface area contributed by atoms with Crippen LogP contribution in [-0.4, -0.2) is 39.7 Å². The number of amides is 1. The van der Waals surface area contributed by atoms with Crippen molar-refractivity contribution >= 4 is 41.2 Å². The fourth-order valence-electron chi connectivity index (χ4n) is 4.58. The Bertz CT molecular complexity index is 1570. The van der Waals surface area contributed by atoms with Gasteiger partial charge in [-0.3, -0.25) is 19.1 Å². The second-order valence-electron chi connectivity index (χ2n) is 9.76. The molecule has 3 aromatic rings. The third-order valence-corrected chi connectivity index (χ3v) is 6.99. The summed E-state index contributed by atoms with van der Waals surface area (Å²) in [6, 6.07) is 7.27. The highest BCUT2D eigenvalue weighted by atomic mass is 35.5. The highest BCUT2D eigenvalue weighted by molar-refractivity contribution is 6.29. The molecule has 0 saturated heterocycles. The van der Waals surface area contributed by atoms with Gasteiger partial charge in [0.2, 0.25) is 5.91 Å². The number of rotatable bonds is 11. The molecule has 3 heterocycles. The van der Waals surface area contributed by atoms with E-state index in [1.165, 1.54) is 29.2 Å². The molecular weight excluding hydrogens is 569 g/mol. The Morgan fingerprint density at radius 1 is 1.23 bits per heavy atom. The summed E-state index contributed by atoms with van der Waals surface area (Å²) in [5.41, 5.74) is 9.30. The predicted octanol–water partition coefficient (Wildman–Crippen LogP) is 5.91. The summed E-state index contributed by atoms with van der Waals surface area (Å²) in [5.74, 6) is -0.131. The molecule has 0 fully saturated rings. The van der Waals surface area contributed by atoms with E-state index < -0.39 is 11.9 Å². The second kappa shape index (κ2) is 16.4. The minimum absolute atomic E-state index is 0.158. The van der Waals surface area contributed by atoms with Crippen molar-refractivity contribution in [1.82, 2.24) is 19.9 Å². The van der Waals surface area contributed by atoms with Gasteiger partial charge in [-0.2, -0.15) is 0 Å². The number of para-hydroxylation sites is 1. The Balaban J connectivity index is 0.00000248. The number of benzene rings is 1. The average molecular weight is 608 g/mol. The number of nitrogens with one attached hydrogen (secondary N) is 2. The number of pyridine rings is 1. The highest BCUT2D eigenvalue weighted by Gasteiger charge is 2.31. The summed E-state index contributed by atoms with van der Waals surface area (Å²) < 4.78 is 15.3. The minimum atomic E-state index is -0.666. The first-order chi connectivity index (χ1) is 20.8. The van der Waals surface area contributed by atoms with Crippen LogP contribution in [0.15, 0.2) is 69.9 Å². The van der Waals surface area contributed by atoms with Crippen LogP contribution in [0.2, 0.25) is 5.15 Å². The summed E-state index contributed by atoms with van der Waals surface area (Å²) in [5, 5.41) is 6.47. The van der Waals surface area contributed by atoms with E-state index in [9.17, 15) is 14.0 Å². The van der Waals surface area contributed by atoms with Crippen molar-refractivity contribution in [3.63, 3.8) is 0 Å². The van der Waals surface area contributed by atoms with E-state index in [1.807, 2.05) is 26.8 Å². The lowest BCUT2D eigenvalue weighted by Crippen LogP contribution is -2.37. The van der Waals surface area contributed by atoms with Crippen molar-refractivity contribution in [3.8, 4) is 0 Å². The largest absolute Gasteiger partial charge is 0.404 e. The summed E-state index contributed by atoms with van der Waals surface area (Å²) in [4.78, 5) is 39.3. The number of aromatic nitrogens is 3. The number of aryl methyl sites for hydroxylation is 2. The van der Waals surface area contributed by atoms with Gasteiger partial charge >= 0.3 is 0 Å². The zero-order chi connectivity index (χ0) is 31.4. The van der Waals surface area contributed by atoms with Gasteiger partial charge in [-0.05, 0) is 49.1 Å². The van der Waals surface area contributed by atoms with Crippen LogP contribution in [0, 0.1) is 12.7 Å². The van der Waals surface area contributed by atoms with E-state index in [2.05, 4.69) is 32.5 Å². The van der Waals surface area contributed by atoms with E-state index >= 15 is 0 Å². The first kappa shape index (κ1) is 33.2. The molecule has 0 aliphatic carbocycles. The molecule has 0 bridgehead atoms. The summed E-state index contributed by atoms with van der Waals surface area (Å²) in [6.45, 7) is 8.55. The van der Waals surface area contributed by atoms with Gasteiger partial charge in [0, 0.05) is 43.7 Å². The predicted molar refractivity (Wildman–Crippen MR) is 172 cm³/mol. The maximum absolute atomic E-state index is 13.9. The minimum Gasteiger partial charge on any atom is -0.404 e. The van der Waals surface area contributed by atoms with E-state index in [4.69, 9.17) is 17.3 Å². The van der Waals surface area contributed by atoms with Crippen LogP contribution in [0.25, 0.3) is 6.08 Å². The van der Waals surface area contributed by atoms with E-state index in [0.29, 0.717) is 35.9 Å². The van der Waals surface area contributed by atoms with Crippen molar-refractivity contribution in [1.29, 1.82) is 0 Å². The molecule has 0 saturated carbocycles. The highest BCUT2D eigenvalue weighted by Crippen LogP contribution is 2.24. The first-order valence-electron chi connectivity index (χ1n) is 14.4. The smallest absolute Gasteiger partial charge is 0.277 e. The van der Waals surface area contributed by atoms with Gasteiger partial charge in [-0.15, -0.1) is 0 Å². The molecule has 1 amide bonds. The molecule has 2 aromatic heterocycles. The molecular formula is C32H39ClFN7O2. The Morgan fingerprint density at radius 2 is 2.00 bits per heavy atom. The van der Waals surface area contributed by atoms with Crippen LogP contribution in [0.5, 0.6) is 0 Å². The third-order valence-electron chi connectivity index (χ3n) is 6.78. The number of hydrogen-bond donors (Lipinski definition) is 3. The van der Waals surface area contributed by atoms with Crippen LogP contribution in [-0.2, 0) is 11.2 Å². The van der Waals surface area contributed by atoms with Gasteiger partial charge in [0.25, 0.3) is 5.56 Å². The van der Waals surface area contributed by atoms with E-state index in [-0.39, 0.29) is 29.4 Å². The SMILES string of the molecule is CC.CCC/C(=C\c1cnc(Cl)cc1C)CNC(=O)C1CCc2ncc(NC/C(C=Nc3ccccc3F)=C/N)c(=O)n21. The monoisotopic (exact) mass is 607 g/mol. The van der Waals surface area contributed by atoms with Crippen LogP contribution >= 0.6 is 11.6 Å². The Kier molecular flexibility index (Phi) is 12.6. The lowest BCUT2D eigenvalue weighted by molar-refractivity contribution is -0.124. The number of nitrogens with two attached hydrogens (primary N) is 1. The molecule has 1 atom stereocenters. The number of halogens is 2. The number of anilines is 1. The summed E-state index contributed by atoms with van der Waals surface area (Å²) >= 11 is 5.99. The molecule has 228 valence electrons. The molecule has 0 radical (unpaired) electrons. The van der Waals surface area contributed by atoms with Gasteiger partial charge < -0.3 is 16.4 Å². The zero-order valence-electron chi connectivity index (χ0n) is 25.0. The van der Waals surface area contributed by atoms with Crippen molar-refractivity contribution in [2.24, 2.45) is 10.7 Å². The molecule has 9 nitrogen and oxygen atoms in total. The number of carbonyl (C=O) groups excluding carboxylic acids is 1. The van der Waals surface area contributed by atoms with E-state index in [0.717, 1.165) is 29.5 Å². The normalized spacial score (nSPS) is 14.7. The van der Waals surface area contributed by atoms with Crippen LogP contribution in [0.4, 0.5) is 15.8 Å². The molecule has 11 heteroatoms. The lowest BCUT2D eigenvalue weighted by Gasteiger charge is -2.17. The molecule has 4 N–H and O–H groups in total. The molecule has 1 unspecified atom stereocenters. The maximum Gasteiger partial charge on any atom is 0.277 e. The van der Waals surface area contributed by atoms with Gasteiger partial charge in [-0.25, -0.2) is 14.4 Å². The molecule has 43 heavy (non-hydrogen) atoms. The third kappa shape index (κ3) is 8.84. The van der Waals surface area contributed by atoms with Gasteiger partial charge in [0.05, 0.1) is 11.9 Å². The fourth-order valence-corrected chi connectivity index (χ4v) is 4.80. The van der Waals surface area contributed by atoms with Crippen LogP contribution in [0.1, 0.15) is 63.0 Å². The molecule has 1 aromatic carbocycles. The Morgan fingerprint density at radius 3 is 2.70 bits per heavy atom. The van der Waals surface area contributed by atoms with Crippen LogP contribution < -0.4 is 21.9 Å². The summed E-state index contributed by atoms with van der Waals surface area (Å²) in [7, 11) is 0. The van der Waals surface area contributed by atoms with Crippen molar-refractivity contribution in [3.05, 3.63) is 98.3 Å². The first-order valence-corrected chi connectivity index (χ1v) is 14.8. The molecule has 1 aliphatic rings. The van der Waals surface area contributed by atoms with Crippen LogP contribution in [0.3, 0.4) is 0 Å². The fraction of sp³-hybridized carbons (Fsp3) is 0.344. The molecule has 0 spiro atoms. The average Bonchev–Trinajstić information content (AvgIpc) is 3.45. The van der Waals surface area contributed by atoms with Crippen molar-refractivity contribution in [2.45, 2.75) is 59.4 Å². The quantitative estimate of drug-likeness (QED) is 0.184. The molecule has 1 aliphatic heterocycles. The summed E-state index contributed by atoms with van der Waals surface area (Å²) in [6.07, 6.45) is 10.7. The van der Waals surface area contributed by atoms with Crippen molar-refractivity contribution in [2.75, 3.05) is 18.4 Å². The topological polar surface area (TPSA) is 127 Å². The number of carbonyl (C=O) groups is 1. The maximum atomic E-state index is 13.9. The molecule has 4 rings (SSSR count). The Labute approximate surface area is 256 Å². The number of fused-ring (bicyclic) bond motifs is 1. The van der Waals surface area contributed by atoms with Gasteiger partial charge in [0.15, 0.2) is 0 Å². The standard InChI is InChI=1S/C30H33ClFN7O2.C2H6/c1-3-6-20(12-22-17-36-27(31)11-19(22)2)14-38-29(40)26-9-10-28-37-18-25(30(41)39(26)28)35-16-21(13-33)15-34-24-8-5-4-7-23(24)32;1-2/h4-5,7-8,11-13,15,17-18,26,35H,3,6,9-10,14,16,33H2,1-2H3,(H,38,40);1-2H3/b20-12+,21-13+,34-15?;. The zero-order valence-corrected chi connectivity index (χ0v) is 25.8. The lowest BCUT2D eigenvalue weighted by atomic mass is 10.0. The Hall–Kier alpha value is -4.31. The number of aliphatic imine (C=N–C) groups is 1. The number of hydrogen-bond acceptors (Lipinski definition) is 7. The van der Waals surface area contributed by atoms with Gasteiger partial charge in [0.1, 0.15) is 28.5 Å². The second-order valence-corrected chi connectivity index (χ2v) is 10.1. The van der Waals surface area contributed by atoms with Crippen molar-refractivity contribution < 1.29 is 9.18 Å².